The van der Waals surface area contributed by atoms with Gasteiger partial charge >= 0.3 is 0 Å². The van der Waals surface area contributed by atoms with E-state index in [1.54, 1.807) is 0 Å². The number of benzene rings is 10. The van der Waals surface area contributed by atoms with Crippen LogP contribution in [0.5, 0.6) is 0 Å². The number of hydrogen-bond acceptors (Lipinski definition) is 2. The minimum atomic E-state index is -0.170. The van der Waals surface area contributed by atoms with Crippen LogP contribution in [0.2, 0.25) is 0 Å². The lowest BCUT2D eigenvalue weighted by Crippen LogP contribution is -2.17. The molecule has 2 heterocycles. The van der Waals surface area contributed by atoms with Crippen molar-refractivity contribution < 1.29 is 0 Å². The summed E-state index contributed by atoms with van der Waals surface area (Å²) in [5, 5.41) is 4.93. The Labute approximate surface area is 391 Å². The molecule has 0 N–H and O–H groups in total. The molecule has 10 aromatic carbocycles. The quantitative estimate of drug-likeness (QED) is 0.175. The largest absolute Gasteiger partial charge is 0.310 e. The standard InChI is InChI=1S/C64H47N3/c1-63(2)57-31-27-45-36-53(57)54-37-46(28-32-58(54)63)66(48-26-30-51-50-21-7-9-23-56(50)64(3,4)59(51)39-48)44-19-12-17-42(35-44)41-16-11-18-43(34-41)65(45)47-29-33-62-55(38-47)52-22-8-10-24-61(52)67(62)60-25-13-15-40-14-5-6-20-49(40)60/h5-39H,1-4H3. The Morgan fingerprint density at radius 1 is 0.299 bits per heavy atom. The van der Waals surface area contributed by atoms with Crippen LogP contribution < -0.4 is 9.80 Å². The van der Waals surface area contributed by atoms with Crippen LogP contribution in [0.3, 0.4) is 0 Å². The van der Waals surface area contributed by atoms with Gasteiger partial charge < -0.3 is 14.4 Å². The van der Waals surface area contributed by atoms with E-state index in [9.17, 15) is 0 Å². The van der Waals surface area contributed by atoms with E-state index in [2.05, 4.69) is 254 Å². The van der Waals surface area contributed by atoms with Gasteiger partial charge in [0.15, 0.2) is 0 Å². The Balaban J connectivity index is 0.988. The lowest BCUT2D eigenvalue weighted by molar-refractivity contribution is 0.660. The van der Waals surface area contributed by atoms with Crippen LogP contribution in [0.1, 0.15) is 49.9 Å². The second-order valence-corrected chi connectivity index (χ2v) is 19.8. The molecule has 0 unspecified atom stereocenters. The smallest absolute Gasteiger partial charge is 0.0542 e. The van der Waals surface area contributed by atoms with Crippen molar-refractivity contribution in [1.82, 2.24) is 4.57 Å². The van der Waals surface area contributed by atoms with E-state index in [-0.39, 0.29) is 10.8 Å². The van der Waals surface area contributed by atoms with Crippen LogP contribution in [0.4, 0.5) is 34.1 Å². The van der Waals surface area contributed by atoms with Crippen molar-refractivity contribution in [2.45, 2.75) is 38.5 Å². The molecule has 0 amide bonds. The van der Waals surface area contributed by atoms with Crippen molar-refractivity contribution in [3.63, 3.8) is 0 Å². The number of nitrogens with zero attached hydrogens (tertiary/aromatic N) is 3. The summed E-state index contributed by atoms with van der Waals surface area (Å²) in [6.07, 6.45) is 0. The summed E-state index contributed by atoms with van der Waals surface area (Å²) in [7, 11) is 0. The molecule has 0 atom stereocenters. The number of rotatable bonds is 3. The number of aromatic nitrogens is 1. The van der Waals surface area contributed by atoms with Gasteiger partial charge in [-0.2, -0.15) is 0 Å². The zero-order valence-electron chi connectivity index (χ0n) is 38.0. The summed E-state index contributed by atoms with van der Waals surface area (Å²) >= 11 is 0. The predicted molar refractivity (Wildman–Crippen MR) is 282 cm³/mol. The van der Waals surface area contributed by atoms with E-state index in [1.165, 1.54) is 93.9 Å². The van der Waals surface area contributed by atoms with E-state index in [4.69, 9.17) is 0 Å². The third-order valence-electron chi connectivity index (χ3n) is 15.4. The van der Waals surface area contributed by atoms with Crippen molar-refractivity contribution in [2.75, 3.05) is 9.80 Å². The molecule has 1 aromatic heterocycles. The van der Waals surface area contributed by atoms with E-state index in [1.807, 2.05) is 0 Å². The molecule has 3 aliphatic rings. The average Bonchev–Trinajstić information content (AvgIpc) is 3.90. The topological polar surface area (TPSA) is 11.4 Å². The zero-order valence-corrected chi connectivity index (χ0v) is 38.0. The van der Waals surface area contributed by atoms with E-state index < -0.39 is 0 Å². The summed E-state index contributed by atoms with van der Waals surface area (Å²) in [5.74, 6) is 0. The SMILES string of the molecule is CC1(C)c2ccc3cc2-c2cc(ccc21)N(c1ccc2c(c1)c1ccccc1n2-c1cccc2ccccc12)c1cccc(c1)-c1cccc(c1)N3c1ccc2c(c1)C(C)(C)c1ccccc1-2. The lowest BCUT2D eigenvalue weighted by atomic mass is 9.82. The number of fused-ring (bicyclic) bond motifs is 14. The Kier molecular flexibility index (Phi) is 7.80. The first-order valence-electron chi connectivity index (χ1n) is 23.6. The molecule has 2 aliphatic carbocycles. The number of anilines is 6. The first kappa shape index (κ1) is 38.2. The van der Waals surface area contributed by atoms with Gasteiger partial charge in [-0.1, -0.05) is 149 Å². The molecular weight excluding hydrogens is 811 g/mol. The molecule has 1 aliphatic heterocycles. The van der Waals surface area contributed by atoms with Gasteiger partial charge in [0, 0.05) is 61.1 Å². The highest BCUT2D eigenvalue weighted by atomic mass is 15.2. The maximum Gasteiger partial charge on any atom is 0.0542 e. The Bertz CT molecular complexity index is 3900. The van der Waals surface area contributed by atoms with Crippen molar-refractivity contribution >= 4 is 66.7 Å². The van der Waals surface area contributed by atoms with E-state index >= 15 is 0 Å². The molecule has 14 rings (SSSR count). The first-order chi connectivity index (χ1) is 32.7. The minimum Gasteiger partial charge on any atom is -0.310 e. The van der Waals surface area contributed by atoms with Crippen LogP contribution in [-0.4, -0.2) is 4.57 Å². The van der Waals surface area contributed by atoms with E-state index in [0.29, 0.717) is 0 Å². The lowest BCUT2D eigenvalue weighted by Gasteiger charge is -2.29. The maximum absolute atomic E-state index is 2.48. The molecule has 67 heavy (non-hydrogen) atoms. The minimum absolute atomic E-state index is 0.117. The molecule has 8 bridgehead atoms. The van der Waals surface area contributed by atoms with Crippen molar-refractivity contribution in [1.29, 1.82) is 0 Å². The fourth-order valence-electron chi connectivity index (χ4n) is 12.2. The van der Waals surface area contributed by atoms with E-state index in [0.717, 1.165) is 34.1 Å². The highest BCUT2D eigenvalue weighted by molar-refractivity contribution is 6.12. The molecular formula is C64H47N3. The third kappa shape index (κ3) is 5.40. The molecule has 11 aromatic rings. The second kappa shape index (κ2) is 13.7. The predicted octanol–water partition coefficient (Wildman–Crippen LogP) is 17.5. The molecule has 0 fully saturated rings. The summed E-state index contributed by atoms with van der Waals surface area (Å²) in [5.41, 5.74) is 23.1. The summed E-state index contributed by atoms with van der Waals surface area (Å²) in [6, 6.07) is 79.9. The molecule has 3 nitrogen and oxygen atoms in total. The Morgan fingerprint density at radius 2 is 0.791 bits per heavy atom. The van der Waals surface area contributed by atoms with Gasteiger partial charge in [-0.15, -0.1) is 0 Å². The summed E-state index contributed by atoms with van der Waals surface area (Å²) in [4.78, 5) is 4.94. The van der Waals surface area contributed by atoms with Crippen LogP contribution in [-0.2, 0) is 10.8 Å². The van der Waals surface area contributed by atoms with Crippen molar-refractivity contribution in [3.05, 3.63) is 235 Å². The monoisotopic (exact) mass is 857 g/mol. The second-order valence-electron chi connectivity index (χ2n) is 19.8. The molecule has 0 radical (unpaired) electrons. The fraction of sp³-hybridized carbons (Fsp3) is 0.0938. The molecule has 0 saturated heterocycles. The van der Waals surface area contributed by atoms with Gasteiger partial charge in [-0.3, -0.25) is 0 Å². The maximum atomic E-state index is 2.48. The first-order valence-corrected chi connectivity index (χ1v) is 23.6. The molecule has 3 heteroatoms. The number of para-hydroxylation sites is 1. The molecule has 0 saturated carbocycles. The highest BCUT2D eigenvalue weighted by Gasteiger charge is 2.38. The van der Waals surface area contributed by atoms with Gasteiger partial charge in [0.2, 0.25) is 0 Å². The summed E-state index contributed by atoms with van der Waals surface area (Å²) < 4.78 is 2.45. The van der Waals surface area contributed by atoms with Gasteiger partial charge in [0.05, 0.1) is 16.7 Å². The van der Waals surface area contributed by atoms with Gasteiger partial charge in [0.25, 0.3) is 0 Å². The normalized spacial score (nSPS) is 14.7. The zero-order chi connectivity index (χ0) is 44.8. The van der Waals surface area contributed by atoms with Gasteiger partial charge in [0.1, 0.15) is 0 Å². The third-order valence-corrected chi connectivity index (χ3v) is 15.4. The van der Waals surface area contributed by atoms with Crippen LogP contribution >= 0.6 is 0 Å². The van der Waals surface area contributed by atoms with Gasteiger partial charge in [-0.25, -0.2) is 0 Å². The van der Waals surface area contributed by atoms with Crippen LogP contribution in [0.25, 0.3) is 71.6 Å². The number of hydrogen-bond donors (Lipinski definition) is 0. The Morgan fingerprint density at radius 3 is 1.52 bits per heavy atom. The fourth-order valence-corrected chi connectivity index (χ4v) is 12.2. The highest BCUT2D eigenvalue weighted by Crippen LogP contribution is 2.55. The van der Waals surface area contributed by atoms with Crippen LogP contribution in [0.15, 0.2) is 212 Å². The van der Waals surface area contributed by atoms with Crippen LogP contribution in [0, 0.1) is 0 Å². The van der Waals surface area contributed by atoms with Crippen molar-refractivity contribution in [2.24, 2.45) is 0 Å². The average molecular weight is 858 g/mol. The summed E-state index contributed by atoms with van der Waals surface area (Å²) in [6.45, 7) is 9.51. The molecule has 318 valence electrons. The molecule has 0 spiro atoms. The van der Waals surface area contributed by atoms with Crippen molar-refractivity contribution in [3.8, 4) is 39.1 Å². The Hall–Kier alpha value is -8.14. The van der Waals surface area contributed by atoms with Gasteiger partial charge in [-0.05, 0) is 152 Å².